The van der Waals surface area contributed by atoms with E-state index in [-0.39, 0.29) is 5.91 Å². The molecule has 0 saturated heterocycles. The third-order valence-corrected chi connectivity index (χ3v) is 2.61. The van der Waals surface area contributed by atoms with Gasteiger partial charge >= 0.3 is 0 Å². The summed E-state index contributed by atoms with van der Waals surface area (Å²) in [6.07, 6.45) is 1.90. The molecule has 7 nitrogen and oxygen atoms in total. The average Bonchev–Trinajstić information content (AvgIpc) is 2.93. The molecule has 1 aromatic heterocycles. The minimum absolute atomic E-state index is 0.152. The molecule has 1 heterocycles. The number of nitrogens with two attached hydrogens (primary N) is 1. The lowest BCUT2D eigenvalue weighted by molar-refractivity contribution is 0.0963. The first-order valence-corrected chi connectivity index (χ1v) is 5.81. The minimum atomic E-state index is -0.152. The molecule has 7 heteroatoms. The van der Waals surface area contributed by atoms with Gasteiger partial charge in [-0.2, -0.15) is 4.98 Å². The Kier molecular flexibility index (Phi) is 3.97. The van der Waals surface area contributed by atoms with Crippen LogP contribution in [0.15, 0.2) is 29.1 Å². The normalized spacial score (nSPS) is 10.2. The molecule has 0 saturated carbocycles. The van der Waals surface area contributed by atoms with Crippen LogP contribution in [0.5, 0.6) is 0 Å². The molecule has 0 aliphatic rings. The van der Waals surface area contributed by atoms with Gasteiger partial charge in [-0.15, -0.1) is 0 Å². The molecule has 0 unspecified atom stereocenters. The predicted molar refractivity (Wildman–Crippen MR) is 70.7 cm³/mol. The molecule has 2 rings (SSSR count). The number of hydrogen-bond acceptors (Lipinski definition) is 6. The van der Waals surface area contributed by atoms with Crippen molar-refractivity contribution in [2.24, 2.45) is 0 Å². The van der Waals surface area contributed by atoms with Crippen LogP contribution in [0.25, 0.3) is 0 Å². The molecule has 0 fully saturated rings. The fourth-order valence-corrected chi connectivity index (χ4v) is 1.61. The molecule has 19 heavy (non-hydrogen) atoms. The van der Waals surface area contributed by atoms with Gasteiger partial charge in [0, 0.05) is 25.6 Å². The number of carbonyl (C=O) groups excluding carboxylic acids is 1. The van der Waals surface area contributed by atoms with Gasteiger partial charge in [-0.25, -0.2) is 0 Å². The second kappa shape index (κ2) is 5.85. The Morgan fingerprint density at radius 1 is 1.47 bits per heavy atom. The number of carbonyl (C=O) groups is 1. The number of anilines is 2. The number of benzene rings is 1. The first-order chi connectivity index (χ1) is 9.20. The van der Waals surface area contributed by atoms with Gasteiger partial charge in [0.2, 0.25) is 6.39 Å². The summed E-state index contributed by atoms with van der Waals surface area (Å²) >= 11 is 0. The highest BCUT2D eigenvalue weighted by Crippen LogP contribution is 2.19. The maximum atomic E-state index is 11.5. The summed E-state index contributed by atoms with van der Waals surface area (Å²) in [7, 11) is 1.59. The average molecular weight is 261 g/mol. The second-order valence-electron chi connectivity index (χ2n) is 3.91. The molecule has 0 aliphatic carbocycles. The number of nitrogens with zero attached hydrogens (tertiary/aromatic N) is 2. The van der Waals surface area contributed by atoms with E-state index in [2.05, 4.69) is 25.3 Å². The molecule has 2 aromatic rings. The summed E-state index contributed by atoms with van der Waals surface area (Å²) in [4.78, 5) is 15.4. The Hall–Kier alpha value is -2.57. The molecule has 4 N–H and O–H groups in total. The maximum absolute atomic E-state index is 11.5. The Labute approximate surface area is 110 Å². The van der Waals surface area contributed by atoms with Crippen LogP contribution in [0.1, 0.15) is 16.2 Å². The third kappa shape index (κ3) is 3.21. The molecule has 0 atom stereocenters. The first-order valence-electron chi connectivity index (χ1n) is 5.81. The van der Waals surface area contributed by atoms with E-state index in [0.717, 1.165) is 0 Å². The third-order valence-electron chi connectivity index (χ3n) is 2.61. The topological polar surface area (TPSA) is 106 Å². The van der Waals surface area contributed by atoms with Gasteiger partial charge in [-0.05, 0) is 18.2 Å². The van der Waals surface area contributed by atoms with Crippen molar-refractivity contribution >= 4 is 17.3 Å². The molecule has 0 bridgehead atoms. The molecule has 100 valence electrons. The standard InChI is InChI=1S/C12H15N5O2/c1-14-12(18)8-2-3-9(13)10(6-8)15-5-4-11-16-7-19-17-11/h2-3,6-7,15H,4-5,13H2,1H3,(H,14,18). The van der Waals surface area contributed by atoms with E-state index in [1.807, 2.05) is 0 Å². The van der Waals surface area contributed by atoms with E-state index in [0.29, 0.717) is 35.7 Å². The molecule has 0 spiro atoms. The zero-order valence-corrected chi connectivity index (χ0v) is 10.5. The molecule has 1 amide bonds. The van der Waals surface area contributed by atoms with Crippen LogP contribution >= 0.6 is 0 Å². The van der Waals surface area contributed by atoms with E-state index < -0.39 is 0 Å². The highest BCUT2D eigenvalue weighted by Gasteiger charge is 2.07. The van der Waals surface area contributed by atoms with E-state index in [1.165, 1.54) is 6.39 Å². The molecule has 0 radical (unpaired) electrons. The minimum Gasteiger partial charge on any atom is -0.397 e. The number of hydrogen-bond donors (Lipinski definition) is 3. The molecular weight excluding hydrogens is 246 g/mol. The number of aromatic nitrogens is 2. The van der Waals surface area contributed by atoms with Crippen molar-refractivity contribution in [3.8, 4) is 0 Å². The summed E-state index contributed by atoms with van der Waals surface area (Å²) in [5, 5.41) is 9.42. The monoisotopic (exact) mass is 261 g/mol. The molecule has 1 aromatic carbocycles. The molecular formula is C12H15N5O2. The predicted octanol–water partition coefficient (Wildman–Crippen LogP) is 0.666. The van der Waals surface area contributed by atoms with Crippen molar-refractivity contribution in [3.05, 3.63) is 36.0 Å². The van der Waals surface area contributed by atoms with Crippen molar-refractivity contribution < 1.29 is 9.32 Å². The number of nitrogens with one attached hydrogen (secondary N) is 2. The van der Waals surface area contributed by atoms with E-state index in [1.54, 1.807) is 25.2 Å². The Bertz CT molecular complexity index is 553. The van der Waals surface area contributed by atoms with Gasteiger partial charge < -0.3 is 20.9 Å². The summed E-state index contributed by atoms with van der Waals surface area (Å²) in [6.45, 7) is 0.598. The quantitative estimate of drug-likeness (QED) is 0.683. The van der Waals surface area contributed by atoms with Crippen molar-refractivity contribution in [2.45, 2.75) is 6.42 Å². The van der Waals surface area contributed by atoms with Crippen LogP contribution in [0, 0.1) is 0 Å². The van der Waals surface area contributed by atoms with Gasteiger partial charge in [0.05, 0.1) is 11.4 Å². The first kappa shape index (κ1) is 12.9. The highest BCUT2D eigenvalue weighted by atomic mass is 16.5. The van der Waals surface area contributed by atoms with Crippen molar-refractivity contribution in [2.75, 3.05) is 24.6 Å². The van der Waals surface area contributed by atoms with Crippen molar-refractivity contribution in [1.29, 1.82) is 0 Å². The maximum Gasteiger partial charge on any atom is 0.251 e. The largest absolute Gasteiger partial charge is 0.397 e. The lowest BCUT2D eigenvalue weighted by Gasteiger charge is -2.10. The van der Waals surface area contributed by atoms with Crippen LogP contribution in [-0.2, 0) is 6.42 Å². The Balaban J connectivity index is 2.00. The zero-order valence-electron chi connectivity index (χ0n) is 10.5. The highest BCUT2D eigenvalue weighted by molar-refractivity contribution is 5.96. The van der Waals surface area contributed by atoms with Gasteiger partial charge in [0.25, 0.3) is 5.91 Å². The summed E-state index contributed by atoms with van der Waals surface area (Å²) in [5.74, 6) is 0.467. The fourth-order valence-electron chi connectivity index (χ4n) is 1.61. The number of nitrogen functional groups attached to an aromatic ring is 1. The van der Waals surface area contributed by atoms with Crippen LogP contribution in [0.2, 0.25) is 0 Å². The molecule has 0 aliphatic heterocycles. The fraction of sp³-hybridized carbons (Fsp3) is 0.250. The number of amides is 1. The van der Waals surface area contributed by atoms with Gasteiger partial charge in [0.15, 0.2) is 5.82 Å². The van der Waals surface area contributed by atoms with Crippen LogP contribution < -0.4 is 16.4 Å². The summed E-state index contributed by atoms with van der Waals surface area (Å²) in [6, 6.07) is 5.09. The Morgan fingerprint density at radius 2 is 2.32 bits per heavy atom. The Morgan fingerprint density at radius 3 is 3.00 bits per heavy atom. The van der Waals surface area contributed by atoms with Crippen LogP contribution in [0.4, 0.5) is 11.4 Å². The van der Waals surface area contributed by atoms with E-state index in [4.69, 9.17) is 5.73 Å². The smallest absolute Gasteiger partial charge is 0.251 e. The van der Waals surface area contributed by atoms with Gasteiger partial charge in [0.1, 0.15) is 0 Å². The SMILES string of the molecule is CNC(=O)c1ccc(N)c(NCCc2ncon2)c1. The van der Waals surface area contributed by atoms with E-state index in [9.17, 15) is 4.79 Å². The van der Waals surface area contributed by atoms with E-state index >= 15 is 0 Å². The van der Waals surface area contributed by atoms with Gasteiger partial charge in [-0.3, -0.25) is 4.79 Å². The van der Waals surface area contributed by atoms with Crippen molar-refractivity contribution in [1.82, 2.24) is 15.5 Å². The van der Waals surface area contributed by atoms with Crippen LogP contribution in [-0.4, -0.2) is 29.6 Å². The van der Waals surface area contributed by atoms with Gasteiger partial charge in [-0.1, -0.05) is 5.16 Å². The summed E-state index contributed by atoms with van der Waals surface area (Å²) in [5.41, 5.74) is 7.70. The van der Waals surface area contributed by atoms with Crippen molar-refractivity contribution in [3.63, 3.8) is 0 Å². The lowest BCUT2D eigenvalue weighted by atomic mass is 10.1. The summed E-state index contributed by atoms with van der Waals surface area (Å²) < 4.78 is 4.64. The van der Waals surface area contributed by atoms with Crippen LogP contribution in [0.3, 0.4) is 0 Å². The number of rotatable bonds is 5. The zero-order chi connectivity index (χ0) is 13.7. The lowest BCUT2D eigenvalue weighted by Crippen LogP contribution is -2.18. The second-order valence-corrected chi connectivity index (χ2v) is 3.91.